The molecule has 2 rings (SSSR count). The van der Waals surface area contributed by atoms with Gasteiger partial charge in [-0.15, -0.1) is 0 Å². The summed E-state index contributed by atoms with van der Waals surface area (Å²) in [5.74, 6) is 0.466. The van der Waals surface area contributed by atoms with Crippen LogP contribution in [0.25, 0.3) is 0 Å². The van der Waals surface area contributed by atoms with Gasteiger partial charge < -0.3 is 11.5 Å². The van der Waals surface area contributed by atoms with Crippen LogP contribution in [0.4, 0.5) is 5.69 Å². The highest BCUT2D eigenvalue weighted by Crippen LogP contribution is 2.24. The fourth-order valence-corrected chi connectivity index (χ4v) is 1.99. The first-order valence-corrected chi connectivity index (χ1v) is 5.64. The van der Waals surface area contributed by atoms with Crippen LogP contribution in [0, 0.1) is 5.92 Å². The maximum absolute atomic E-state index is 5.85. The largest absolute Gasteiger partial charge is 0.402 e. The van der Waals surface area contributed by atoms with E-state index in [-0.39, 0.29) is 0 Å². The van der Waals surface area contributed by atoms with Gasteiger partial charge in [-0.05, 0) is 42.5 Å². The molecule has 0 saturated heterocycles. The van der Waals surface area contributed by atoms with Gasteiger partial charge in [-0.2, -0.15) is 0 Å². The van der Waals surface area contributed by atoms with Gasteiger partial charge in [0, 0.05) is 11.4 Å². The molecule has 16 heavy (non-hydrogen) atoms. The summed E-state index contributed by atoms with van der Waals surface area (Å²) in [6.07, 6.45) is 6.23. The first-order chi connectivity index (χ1) is 7.65. The Bertz CT molecular complexity index is 427. The molecule has 1 aliphatic carbocycles. The number of nitrogen functional groups attached to an aromatic ring is 1. The lowest BCUT2D eigenvalue weighted by molar-refractivity contribution is 0.644. The van der Waals surface area contributed by atoms with E-state index in [0.717, 1.165) is 24.2 Å². The van der Waals surface area contributed by atoms with Crippen LogP contribution in [0.5, 0.6) is 0 Å². The van der Waals surface area contributed by atoms with Gasteiger partial charge in [0.05, 0.1) is 0 Å². The molecule has 1 aromatic carbocycles. The summed E-state index contributed by atoms with van der Waals surface area (Å²) >= 11 is 0. The van der Waals surface area contributed by atoms with Crippen LogP contribution in [0.15, 0.2) is 47.7 Å². The number of hydrogen-bond acceptors (Lipinski definition) is 2. The van der Waals surface area contributed by atoms with Crippen molar-refractivity contribution < 1.29 is 0 Å². The van der Waals surface area contributed by atoms with E-state index in [2.05, 4.69) is 25.1 Å². The monoisotopic (exact) mass is 214 g/mol. The minimum absolute atomic E-state index is 0.466. The summed E-state index contributed by atoms with van der Waals surface area (Å²) in [5, 5.41) is 0. The molecule has 0 amide bonds. The molecule has 1 atom stereocenters. The lowest BCUT2D eigenvalue weighted by atomic mass is 9.89. The van der Waals surface area contributed by atoms with Crippen molar-refractivity contribution in [1.82, 2.24) is 0 Å². The van der Waals surface area contributed by atoms with Crippen molar-refractivity contribution in [3.8, 4) is 0 Å². The third-order valence-corrected chi connectivity index (χ3v) is 3.06. The molecule has 0 radical (unpaired) electrons. The van der Waals surface area contributed by atoms with Crippen LogP contribution in [0.3, 0.4) is 0 Å². The number of hydrogen-bond donors (Lipinski definition) is 2. The highest BCUT2D eigenvalue weighted by Gasteiger charge is 2.12. The van der Waals surface area contributed by atoms with Crippen molar-refractivity contribution in [3.05, 3.63) is 53.3 Å². The second kappa shape index (κ2) is 4.44. The fourth-order valence-electron chi connectivity index (χ4n) is 1.99. The zero-order valence-corrected chi connectivity index (χ0v) is 9.61. The molecule has 0 fully saturated rings. The van der Waals surface area contributed by atoms with Crippen LogP contribution in [-0.2, 0) is 6.42 Å². The molecule has 2 heteroatoms. The maximum Gasteiger partial charge on any atom is 0.0314 e. The van der Waals surface area contributed by atoms with E-state index in [1.807, 2.05) is 18.2 Å². The van der Waals surface area contributed by atoms with Crippen molar-refractivity contribution in [1.29, 1.82) is 0 Å². The second-order valence-corrected chi connectivity index (χ2v) is 4.52. The minimum atomic E-state index is 0.466. The summed E-state index contributed by atoms with van der Waals surface area (Å²) in [7, 11) is 0. The zero-order chi connectivity index (χ0) is 11.5. The Morgan fingerprint density at radius 3 is 2.44 bits per heavy atom. The molecule has 0 bridgehead atoms. The van der Waals surface area contributed by atoms with Gasteiger partial charge in [-0.25, -0.2) is 0 Å². The van der Waals surface area contributed by atoms with Crippen molar-refractivity contribution >= 4 is 5.69 Å². The molecule has 1 aromatic rings. The van der Waals surface area contributed by atoms with E-state index in [4.69, 9.17) is 11.5 Å². The molecule has 1 unspecified atom stereocenters. The van der Waals surface area contributed by atoms with Gasteiger partial charge in [0.1, 0.15) is 0 Å². The van der Waals surface area contributed by atoms with Gasteiger partial charge in [-0.1, -0.05) is 30.7 Å². The number of benzene rings is 1. The number of nitrogens with two attached hydrogens (primary N) is 2. The number of rotatable bonds is 2. The van der Waals surface area contributed by atoms with Gasteiger partial charge in [0.2, 0.25) is 0 Å². The minimum Gasteiger partial charge on any atom is -0.402 e. The van der Waals surface area contributed by atoms with Crippen molar-refractivity contribution in [3.63, 3.8) is 0 Å². The molecule has 0 spiro atoms. The Morgan fingerprint density at radius 2 is 1.81 bits per heavy atom. The molecule has 0 saturated carbocycles. The molecular weight excluding hydrogens is 196 g/mol. The lowest BCUT2D eigenvalue weighted by Gasteiger charge is -2.18. The molecule has 84 valence electrons. The zero-order valence-electron chi connectivity index (χ0n) is 9.61. The summed E-state index contributed by atoms with van der Waals surface area (Å²) in [5.41, 5.74) is 16.1. The number of anilines is 1. The Kier molecular flexibility index (Phi) is 3.00. The van der Waals surface area contributed by atoms with Crippen molar-refractivity contribution in [2.45, 2.75) is 19.8 Å². The van der Waals surface area contributed by atoms with Gasteiger partial charge in [0.15, 0.2) is 0 Å². The van der Waals surface area contributed by atoms with E-state index in [1.54, 1.807) is 0 Å². The Balaban J connectivity index is 2.08. The third-order valence-electron chi connectivity index (χ3n) is 3.06. The van der Waals surface area contributed by atoms with Crippen LogP contribution in [-0.4, -0.2) is 0 Å². The van der Waals surface area contributed by atoms with Crippen LogP contribution >= 0.6 is 0 Å². The van der Waals surface area contributed by atoms with Crippen LogP contribution in [0.1, 0.15) is 18.9 Å². The van der Waals surface area contributed by atoms with Crippen LogP contribution < -0.4 is 11.5 Å². The van der Waals surface area contributed by atoms with Crippen LogP contribution in [0.2, 0.25) is 0 Å². The third kappa shape index (κ3) is 2.45. The standard InChI is InChI=1S/C14H18N2/c1-10-8-12(4-7-14(10)16)9-11-2-5-13(15)6-3-11/h2-7,10H,8-9,15-16H2,1H3. The molecule has 4 N–H and O–H groups in total. The van der Waals surface area contributed by atoms with Gasteiger partial charge in [0.25, 0.3) is 0 Å². The molecule has 0 aliphatic heterocycles. The summed E-state index contributed by atoms with van der Waals surface area (Å²) in [6, 6.07) is 8.07. The normalized spacial score (nSPS) is 20.2. The smallest absolute Gasteiger partial charge is 0.0314 e. The molecule has 0 heterocycles. The highest BCUT2D eigenvalue weighted by atomic mass is 14.6. The van der Waals surface area contributed by atoms with E-state index >= 15 is 0 Å². The SMILES string of the molecule is CC1CC(Cc2ccc(N)cc2)=CC=C1N. The molecule has 0 aromatic heterocycles. The summed E-state index contributed by atoms with van der Waals surface area (Å²) in [6.45, 7) is 2.17. The molecular formula is C14H18N2. The Hall–Kier alpha value is -1.70. The first-order valence-electron chi connectivity index (χ1n) is 5.64. The lowest BCUT2D eigenvalue weighted by Crippen LogP contribution is -2.13. The Morgan fingerprint density at radius 1 is 1.12 bits per heavy atom. The molecule has 2 nitrogen and oxygen atoms in total. The maximum atomic E-state index is 5.85. The number of allylic oxidation sites excluding steroid dienone is 4. The Labute approximate surface area is 96.6 Å². The highest BCUT2D eigenvalue weighted by molar-refractivity contribution is 5.40. The van der Waals surface area contributed by atoms with Gasteiger partial charge in [-0.3, -0.25) is 0 Å². The predicted octanol–water partition coefficient (Wildman–Crippen LogP) is 2.62. The molecule has 1 aliphatic rings. The summed E-state index contributed by atoms with van der Waals surface area (Å²) < 4.78 is 0. The first kappa shape index (κ1) is 10.8. The average molecular weight is 214 g/mol. The van der Waals surface area contributed by atoms with E-state index in [9.17, 15) is 0 Å². The van der Waals surface area contributed by atoms with Crippen molar-refractivity contribution in [2.75, 3.05) is 5.73 Å². The summed E-state index contributed by atoms with van der Waals surface area (Å²) in [4.78, 5) is 0. The van der Waals surface area contributed by atoms with E-state index in [0.29, 0.717) is 5.92 Å². The topological polar surface area (TPSA) is 52.0 Å². The van der Waals surface area contributed by atoms with E-state index < -0.39 is 0 Å². The predicted molar refractivity (Wildman–Crippen MR) is 68.7 cm³/mol. The van der Waals surface area contributed by atoms with Crippen molar-refractivity contribution in [2.24, 2.45) is 11.7 Å². The quantitative estimate of drug-likeness (QED) is 0.743. The van der Waals surface area contributed by atoms with Gasteiger partial charge >= 0.3 is 0 Å². The second-order valence-electron chi connectivity index (χ2n) is 4.52. The fraction of sp³-hybridized carbons (Fsp3) is 0.286. The van der Waals surface area contributed by atoms with E-state index in [1.165, 1.54) is 11.1 Å². The average Bonchev–Trinajstić information content (AvgIpc) is 2.27.